The second-order valence-corrected chi connectivity index (χ2v) is 5.23. The summed E-state index contributed by atoms with van der Waals surface area (Å²) in [6, 6.07) is 14.1. The zero-order valence-electron chi connectivity index (χ0n) is 12.5. The van der Waals surface area contributed by atoms with Gasteiger partial charge in [-0.05, 0) is 60.7 Å². The molecule has 0 atom stereocenters. The normalized spacial score (nSPS) is 10.0. The molecule has 2 heterocycles. The minimum absolute atomic E-state index is 0.264. The zero-order valence-corrected chi connectivity index (χ0v) is 13.3. The first-order valence-corrected chi connectivity index (χ1v) is 7.54. The Kier molecular flexibility index (Phi) is 4.83. The molecule has 6 nitrogen and oxygen atoms in total. The standard InChI is InChI=1S/C17H14N4O2S/c22-16(15-2-1-11-23-15)19-12-3-5-13(6-4-12)20-17(24)21-14-7-9-18-10-8-14/h1-11H,(H,19,22)(H2,18,20,21,24). The zero-order chi connectivity index (χ0) is 16.8. The molecule has 0 bridgehead atoms. The van der Waals surface area contributed by atoms with E-state index in [9.17, 15) is 4.79 Å². The van der Waals surface area contributed by atoms with E-state index in [1.807, 2.05) is 24.3 Å². The highest BCUT2D eigenvalue weighted by Gasteiger charge is 2.08. The highest BCUT2D eigenvalue weighted by Crippen LogP contribution is 2.15. The third kappa shape index (κ3) is 4.17. The molecule has 120 valence electrons. The summed E-state index contributed by atoms with van der Waals surface area (Å²) in [7, 11) is 0. The number of thiocarbonyl (C=S) groups is 1. The summed E-state index contributed by atoms with van der Waals surface area (Å²) in [6.45, 7) is 0. The number of amides is 1. The number of aromatic nitrogens is 1. The average molecular weight is 338 g/mol. The maximum Gasteiger partial charge on any atom is 0.291 e. The van der Waals surface area contributed by atoms with Gasteiger partial charge >= 0.3 is 0 Å². The monoisotopic (exact) mass is 338 g/mol. The quantitative estimate of drug-likeness (QED) is 0.629. The molecule has 0 spiro atoms. The van der Waals surface area contributed by atoms with Crippen LogP contribution in [0.2, 0.25) is 0 Å². The van der Waals surface area contributed by atoms with Crippen molar-refractivity contribution in [3.63, 3.8) is 0 Å². The number of benzene rings is 1. The lowest BCUT2D eigenvalue weighted by molar-refractivity contribution is 0.0996. The van der Waals surface area contributed by atoms with Crippen molar-refractivity contribution < 1.29 is 9.21 Å². The van der Waals surface area contributed by atoms with E-state index in [1.54, 1.807) is 36.7 Å². The number of furan rings is 1. The summed E-state index contributed by atoms with van der Waals surface area (Å²) in [4.78, 5) is 15.8. The third-order valence-electron chi connectivity index (χ3n) is 3.08. The maximum atomic E-state index is 11.9. The van der Waals surface area contributed by atoms with Crippen LogP contribution in [0.15, 0.2) is 71.6 Å². The molecule has 0 aliphatic heterocycles. The lowest BCUT2D eigenvalue weighted by Gasteiger charge is -2.11. The van der Waals surface area contributed by atoms with Crippen molar-refractivity contribution >= 4 is 40.3 Å². The summed E-state index contributed by atoms with van der Waals surface area (Å²) in [5.74, 6) is -0.0319. The van der Waals surface area contributed by atoms with Crippen LogP contribution in [0.4, 0.5) is 17.1 Å². The molecule has 1 amide bonds. The van der Waals surface area contributed by atoms with E-state index in [-0.39, 0.29) is 11.7 Å². The Bertz CT molecular complexity index is 818. The van der Waals surface area contributed by atoms with Crippen LogP contribution in [0.25, 0.3) is 0 Å². The fourth-order valence-corrected chi connectivity index (χ4v) is 2.20. The highest BCUT2D eigenvalue weighted by atomic mass is 32.1. The highest BCUT2D eigenvalue weighted by molar-refractivity contribution is 7.80. The van der Waals surface area contributed by atoms with E-state index in [0.717, 1.165) is 11.4 Å². The Balaban J connectivity index is 1.56. The van der Waals surface area contributed by atoms with E-state index < -0.39 is 0 Å². The molecular weight excluding hydrogens is 324 g/mol. The van der Waals surface area contributed by atoms with Gasteiger partial charge in [0.2, 0.25) is 0 Å². The second-order valence-electron chi connectivity index (χ2n) is 4.82. The van der Waals surface area contributed by atoms with Crippen molar-refractivity contribution in [3.05, 3.63) is 72.9 Å². The van der Waals surface area contributed by atoms with E-state index in [2.05, 4.69) is 20.9 Å². The van der Waals surface area contributed by atoms with Gasteiger partial charge in [-0.1, -0.05) is 0 Å². The van der Waals surface area contributed by atoms with E-state index in [4.69, 9.17) is 16.6 Å². The SMILES string of the molecule is O=C(Nc1ccc(NC(=S)Nc2ccncc2)cc1)c1ccco1. The van der Waals surface area contributed by atoms with Crippen LogP contribution in [0.5, 0.6) is 0 Å². The van der Waals surface area contributed by atoms with Crippen LogP contribution >= 0.6 is 12.2 Å². The van der Waals surface area contributed by atoms with Gasteiger partial charge < -0.3 is 20.4 Å². The number of carbonyl (C=O) groups excluding carboxylic acids is 1. The van der Waals surface area contributed by atoms with Crippen molar-refractivity contribution in [3.8, 4) is 0 Å². The van der Waals surface area contributed by atoms with Gasteiger partial charge in [-0.2, -0.15) is 0 Å². The Morgan fingerprint density at radius 3 is 2.04 bits per heavy atom. The van der Waals surface area contributed by atoms with E-state index in [0.29, 0.717) is 10.8 Å². The van der Waals surface area contributed by atoms with Gasteiger partial charge in [0.1, 0.15) is 0 Å². The van der Waals surface area contributed by atoms with Gasteiger partial charge in [0, 0.05) is 29.5 Å². The predicted molar refractivity (Wildman–Crippen MR) is 97.2 cm³/mol. The molecule has 1 aromatic carbocycles. The molecule has 3 rings (SSSR count). The smallest absolute Gasteiger partial charge is 0.291 e. The minimum Gasteiger partial charge on any atom is -0.459 e. The van der Waals surface area contributed by atoms with Crippen LogP contribution in [-0.2, 0) is 0 Å². The first-order valence-electron chi connectivity index (χ1n) is 7.14. The first-order chi connectivity index (χ1) is 11.7. The molecule has 2 aromatic heterocycles. The number of hydrogen-bond acceptors (Lipinski definition) is 4. The van der Waals surface area contributed by atoms with Crippen LogP contribution in [0, 0.1) is 0 Å². The van der Waals surface area contributed by atoms with Gasteiger partial charge in [0.25, 0.3) is 5.91 Å². The lowest BCUT2D eigenvalue weighted by atomic mass is 10.2. The molecule has 0 aliphatic carbocycles. The Hall–Kier alpha value is -3.19. The second kappa shape index (κ2) is 7.38. The van der Waals surface area contributed by atoms with Crippen molar-refractivity contribution in [2.45, 2.75) is 0 Å². The molecule has 0 saturated heterocycles. The predicted octanol–water partition coefficient (Wildman–Crippen LogP) is 3.74. The van der Waals surface area contributed by atoms with Gasteiger partial charge in [0.15, 0.2) is 10.9 Å². The van der Waals surface area contributed by atoms with Gasteiger partial charge in [-0.15, -0.1) is 0 Å². The molecule has 3 aromatic rings. The van der Waals surface area contributed by atoms with Gasteiger partial charge in [-0.25, -0.2) is 0 Å². The summed E-state index contributed by atoms with van der Waals surface area (Å²) in [6.07, 6.45) is 4.82. The molecule has 3 N–H and O–H groups in total. The molecule has 0 unspecified atom stereocenters. The number of nitrogens with zero attached hydrogens (tertiary/aromatic N) is 1. The van der Waals surface area contributed by atoms with Crippen molar-refractivity contribution in [2.75, 3.05) is 16.0 Å². The first kappa shape index (κ1) is 15.7. The summed E-state index contributed by atoms with van der Waals surface area (Å²) in [5, 5.41) is 9.34. The molecule has 0 radical (unpaired) electrons. The largest absolute Gasteiger partial charge is 0.459 e. The van der Waals surface area contributed by atoms with Crippen LogP contribution in [0.3, 0.4) is 0 Å². The number of nitrogens with one attached hydrogen (secondary N) is 3. The van der Waals surface area contributed by atoms with E-state index in [1.165, 1.54) is 6.26 Å². The topological polar surface area (TPSA) is 79.2 Å². The fraction of sp³-hybridized carbons (Fsp3) is 0. The Morgan fingerprint density at radius 2 is 1.46 bits per heavy atom. The number of carbonyl (C=O) groups is 1. The Morgan fingerprint density at radius 1 is 0.875 bits per heavy atom. The molecule has 0 saturated carbocycles. The van der Waals surface area contributed by atoms with Crippen LogP contribution in [-0.4, -0.2) is 16.0 Å². The summed E-state index contributed by atoms with van der Waals surface area (Å²) in [5.41, 5.74) is 2.32. The van der Waals surface area contributed by atoms with Crippen LogP contribution in [0.1, 0.15) is 10.6 Å². The molecule has 0 aliphatic rings. The fourth-order valence-electron chi connectivity index (χ4n) is 1.97. The summed E-state index contributed by atoms with van der Waals surface area (Å²) >= 11 is 5.25. The minimum atomic E-state index is -0.296. The molecule has 0 fully saturated rings. The lowest BCUT2D eigenvalue weighted by Crippen LogP contribution is -2.19. The van der Waals surface area contributed by atoms with Crippen molar-refractivity contribution in [1.82, 2.24) is 4.98 Å². The average Bonchev–Trinajstić information content (AvgIpc) is 3.12. The molecular formula is C17H14N4O2S. The van der Waals surface area contributed by atoms with Crippen LogP contribution < -0.4 is 16.0 Å². The maximum absolute atomic E-state index is 11.9. The van der Waals surface area contributed by atoms with Gasteiger partial charge in [0.05, 0.1) is 6.26 Å². The summed E-state index contributed by atoms with van der Waals surface area (Å²) < 4.78 is 5.05. The van der Waals surface area contributed by atoms with E-state index >= 15 is 0 Å². The van der Waals surface area contributed by atoms with Crippen molar-refractivity contribution in [2.24, 2.45) is 0 Å². The third-order valence-corrected chi connectivity index (χ3v) is 3.29. The number of rotatable bonds is 4. The van der Waals surface area contributed by atoms with Gasteiger partial charge in [-0.3, -0.25) is 9.78 Å². The molecule has 24 heavy (non-hydrogen) atoms. The van der Waals surface area contributed by atoms with Crippen molar-refractivity contribution in [1.29, 1.82) is 0 Å². The number of hydrogen-bond donors (Lipinski definition) is 3. The molecule has 7 heteroatoms. The Labute approximate surface area is 143 Å². The number of pyridine rings is 1. The number of anilines is 3.